The van der Waals surface area contributed by atoms with E-state index in [4.69, 9.17) is 9.72 Å². The number of ether oxygens (including phenoxy) is 1. The highest BCUT2D eigenvalue weighted by Gasteiger charge is 2.23. The summed E-state index contributed by atoms with van der Waals surface area (Å²) in [5.41, 5.74) is 2.47. The topological polar surface area (TPSA) is 81.4 Å². The van der Waals surface area contributed by atoms with E-state index in [1.807, 2.05) is 12.1 Å². The van der Waals surface area contributed by atoms with Crippen LogP contribution in [0.1, 0.15) is 53.9 Å². The summed E-state index contributed by atoms with van der Waals surface area (Å²) in [5.74, 6) is 1.67. The maximum Gasteiger partial charge on any atom is 0.261 e. The number of nitrogens with one attached hydrogen (secondary N) is 1. The van der Waals surface area contributed by atoms with Gasteiger partial charge in [0.15, 0.2) is 5.65 Å². The monoisotopic (exact) mass is 421 g/mol. The molecule has 0 saturated heterocycles. The molecule has 1 saturated carbocycles. The number of benzene rings is 1. The predicted molar refractivity (Wildman–Crippen MR) is 117 cm³/mol. The van der Waals surface area contributed by atoms with E-state index in [9.17, 15) is 4.79 Å². The predicted octanol–water partition coefficient (Wildman–Crippen LogP) is 4.89. The molecule has 1 aliphatic carbocycles. The van der Waals surface area contributed by atoms with Crippen LogP contribution < -0.4 is 10.1 Å². The van der Waals surface area contributed by atoms with Gasteiger partial charge >= 0.3 is 0 Å². The van der Waals surface area contributed by atoms with Crippen molar-refractivity contribution in [1.82, 2.24) is 19.6 Å². The molecular formula is C22H23N5O2S. The zero-order valence-corrected chi connectivity index (χ0v) is 17.8. The third-order valence-corrected chi connectivity index (χ3v) is 7.04. The minimum atomic E-state index is -0.271. The summed E-state index contributed by atoms with van der Waals surface area (Å²) in [6.45, 7) is 2.33. The number of hydrogen-bond acceptors (Lipinski definition) is 6. The smallest absolute Gasteiger partial charge is 0.261 e. The second-order valence-electron chi connectivity index (χ2n) is 7.93. The lowest BCUT2D eigenvalue weighted by atomic mass is 9.83. The highest BCUT2D eigenvalue weighted by Crippen LogP contribution is 2.41. The molecule has 4 aromatic rings. The van der Waals surface area contributed by atoms with Gasteiger partial charge in [0.2, 0.25) is 0 Å². The number of rotatable bonds is 4. The van der Waals surface area contributed by atoms with E-state index in [0.717, 1.165) is 16.1 Å². The van der Waals surface area contributed by atoms with Gasteiger partial charge in [-0.05, 0) is 30.9 Å². The lowest BCUT2D eigenvalue weighted by Crippen LogP contribution is -2.12. The first-order chi connectivity index (χ1) is 14.6. The Labute approximate surface area is 178 Å². The number of aromatic nitrogens is 4. The standard InChI is InChI=1S/C22H23N5O2S/c1-13-4-6-14(7-5-13)22-26-17-10-18(29-2)16(11-19(17)30-22)25-21(28)15-12-24-27-9-3-8-23-20(15)27/h3,8-14H,4-7H2,1-2H3,(H,25,28). The van der Waals surface area contributed by atoms with E-state index in [1.165, 1.54) is 36.9 Å². The van der Waals surface area contributed by atoms with Gasteiger partial charge in [0.05, 0.1) is 34.2 Å². The summed E-state index contributed by atoms with van der Waals surface area (Å²) >= 11 is 1.72. The van der Waals surface area contributed by atoms with Crippen LogP contribution in [-0.2, 0) is 0 Å². The average molecular weight is 422 g/mol. The number of fused-ring (bicyclic) bond motifs is 2. The van der Waals surface area contributed by atoms with Crippen LogP contribution in [0.25, 0.3) is 15.9 Å². The molecule has 0 aliphatic heterocycles. The largest absolute Gasteiger partial charge is 0.494 e. The molecule has 7 nitrogen and oxygen atoms in total. The lowest BCUT2D eigenvalue weighted by Gasteiger charge is -2.24. The number of thiazole rings is 1. The van der Waals surface area contributed by atoms with Crippen LogP contribution in [-0.4, -0.2) is 32.6 Å². The number of carbonyl (C=O) groups excluding carboxylic acids is 1. The van der Waals surface area contributed by atoms with E-state index in [2.05, 4.69) is 22.3 Å². The van der Waals surface area contributed by atoms with Crippen molar-refractivity contribution in [3.8, 4) is 5.75 Å². The molecule has 30 heavy (non-hydrogen) atoms. The number of amides is 1. The number of carbonyl (C=O) groups is 1. The van der Waals surface area contributed by atoms with Gasteiger partial charge in [0.1, 0.15) is 11.3 Å². The van der Waals surface area contributed by atoms with Crippen molar-refractivity contribution < 1.29 is 9.53 Å². The summed E-state index contributed by atoms with van der Waals surface area (Å²) < 4.78 is 8.17. The molecule has 0 atom stereocenters. The van der Waals surface area contributed by atoms with Gasteiger partial charge in [-0.15, -0.1) is 11.3 Å². The minimum Gasteiger partial charge on any atom is -0.494 e. The van der Waals surface area contributed by atoms with E-state index in [0.29, 0.717) is 28.6 Å². The van der Waals surface area contributed by atoms with Crippen LogP contribution in [0.5, 0.6) is 5.75 Å². The van der Waals surface area contributed by atoms with Crippen LogP contribution in [0, 0.1) is 5.92 Å². The molecule has 1 amide bonds. The summed E-state index contributed by atoms with van der Waals surface area (Å²) in [7, 11) is 1.60. The van der Waals surface area contributed by atoms with E-state index < -0.39 is 0 Å². The summed E-state index contributed by atoms with van der Waals surface area (Å²) in [4.78, 5) is 22.0. The van der Waals surface area contributed by atoms with E-state index >= 15 is 0 Å². The molecule has 8 heteroatoms. The van der Waals surface area contributed by atoms with Gasteiger partial charge in [-0.3, -0.25) is 4.79 Å². The van der Waals surface area contributed by atoms with Gasteiger partial charge in [-0.25, -0.2) is 14.5 Å². The van der Waals surface area contributed by atoms with Crippen LogP contribution in [0.4, 0.5) is 5.69 Å². The summed E-state index contributed by atoms with van der Waals surface area (Å²) in [5, 5.41) is 8.34. The number of anilines is 1. The molecule has 5 rings (SSSR count). The number of hydrogen-bond donors (Lipinski definition) is 1. The second-order valence-corrected chi connectivity index (χ2v) is 8.99. The summed E-state index contributed by atoms with van der Waals surface area (Å²) in [6.07, 6.45) is 9.85. The van der Waals surface area contributed by atoms with Crippen molar-refractivity contribution in [2.45, 2.75) is 38.5 Å². The van der Waals surface area contributed by atoms with Crippen molar-refractivity contribution >= 4 is 38.8 Å². The molecule has 0 bridgehead atoms. The molecule has 1 fully saturated rings. The first-order valence-corrected chi connectivity index (χ1v) is 11.0. The summed E-state index contributed by atoms with van der Waals surface area (Å²) in [6, 6.07) is 5.63. The normalized spacial score (nSPS) is 19.3. The van der Waals surface area contributed by atoms with Crippen LogP contribution in [0.3, 0.4) is 0 Å². The Morgan fingerprint density at radius 2 is 2.10 bits per heavy atom. The molecule has 3 heterocycles. The Morgan fingerprint density at radius 3 is 2.90 bits per heavy atom. The molecule has 1 N–H and O–H groups in total. The quantitative estimate of drug-likeness (QED) is 0.507. The maximum absolute atomic E-state index is 12.9. The highest BCUT2D eigenvalue weighted by molar-refractivity contribution is 7.18. The van der Waals surface area contributed by atoms with Crippen LogP contribution >= 0.6 is 11.3 Å². The Kier molecular flexibility index (Phi) is 4.86. The van der Waals surface area contributed by atoms with E-state index in [1.54, 1.807) is 41.4 Å². The number of nitrogens with zero attached hydrogens (tertiary/aromatic N) is 4. The third-order valence-electron chi connectivity index (χ3n) is 5.86. The fourth-order valence-corrected chi connectivity index (χ4v) is 5.26. The SMILES string of the molecule is COc1cc2nc(C3CCC(C)CC3)sc2cc1NC(=O)c1cnn2cccnc12. The van der Waals surface area contributed by atoms with Gasteiger partial charge < -0.3 is 10.1 Å². The third kappa shape index (κ3) is 3.41. The molecule has 0 spiro atoms. The van der Waals surface area contributed by atoms with Crippen molar-refractivity contribution in [2.75, 3.05) is 12.4 Å². The first kappa shape index (κ1) is 19.0. The lowest BCUT2D eigenvalue weighted by molar-refractivity contribution is 0.102. The van der Waals surface area contributed by atoms with E-state index in [-0.39, 0.29) is 5.91 Å². The van der Waals surface area contributed by atoms with Crippen molar-refractivity contribution in [2.24, 2.45) is 5.92 Å². The minimum absolute atomic E-state index is 0.271. The maximum atomic E-state index is 12.9. The average Bonchev–Trinajstić information content (AvgIpc) is 3.37. The van der Waals surface area contributed by atoms with Crippen LogP contribution in [0.15, 0.2) is 36.8 Å². The first-order valence-electron chi connectivity index (χ1n) is 10.2. The molecular weight excluding hydrogens is 398 g/mol. The second kappa shape index (κ2) is 7.68. The Balaban J connectivity index is 1.45. The fraction of sp³-hybridized carbons (Fsp3) is 0.364. The van der Waals surface area contributed by atoms with Crippen molar-refractivity contribution in [3.05, 3.63) is 47.4 Å². The molecule has 0 radical (unpaired) electrons. The van der Waals surface area contributed by atoms with Gasteiger partial charge in [-0.1, -0.05) is 19.8 Å². The molecule has 0 unspecified atom stereocenters. The molecule has 1 aliphatic rings. The number of methoxy groups -OCH3 is 1. The Bertz CT molecular complexity index is 1220. The Hall–Kier alpha value is -3.00. The van der Waals surface area contributed by atoms with Gasteiger partial charge in [-0.2, -0.15) is 5.10 Å². The van der Waals surface area contributed by atoms with Gasteiger partial charge in [0.25, 0.3) is 5.91 Å². The molecule has 154 valence electrons. The van der Waals surface area contributed by atoms with Crippen LogP contribution in [0.2, 0.25) is 0 Å². The Morgan fingerprint density at radius 1 is 1.27 bits per heavy atom. The van der Waals surface area contributed by atoms with Crippen molar-refractivity contribution in [1.29, 1.82) is 0 Å². The molecule has 3 aromatic heterocycles. The van der Waals surface area contributed by atoms with Crippen molar-refractivity contribution in [3.63, 3.8) is 0 Å². The highest BCUT2D eigenvalue weighted by atomic mass is 32.1. The van der Waals surface area contributed by atoms with Gasteiger partial charge in [0, 0.05) is 24.4 Å². The zero-order valence-electron chi connectivity index (χ0n) is 17.0. The fourth-order valence-electron chi connectivity index (χ4n) is 4.10. The molecule has 1 aromatic carbocycles. The zero-order chi connectivity index (χ0) is 20.7.